The highest BCUT2D eigenvalue weighted by molar-refractivity contribution is 5.40. The van der Waals surface area contributed by atoms with Gasteiger partial charge >= 0.3 is 6.61 Å². The number of hydrogen-bond acceptors (Lipinski definition) is 3. The van der Waals surface area contributed by atoms with E-state index in [-0.39, 0.29) is 12.4 Å². The van der Waals surface area contributed by atoms with Gasteiger partial charge in [0.2, 0.25) is 0 Å². The quantitative estimate of drug-likeness (QED) is 0.761. The summed E-state index contributed by atoms with van der Waals surface area (Å²) < 4.78 is 28.4. The van der Waals surface area contributed by atoms with Crippen LogP contribution >= 0.6 is 0 Å². The van der Waals surface area contributed by atoms with Gasteiger partial charge in [0, 0.05) is 5.56 Å². The molecule has 0 bridgehead atoms. The summed E-state index contributed by atoms with van der Waals surface area (Å²) in [5, 5.41) is 0. The molecule has 14 heavy (non-hydrogen) atoms. The van der Waals surface area contributed by atoms with E-state index in [1.807, 2.05) is 0 Å². The van der Waals surface area contributed by atoms with E-state index >= 15 is 0 Å². The van der Waals surface area contributed by atoms with Crippen LogP contribution in [0.5, 0.6) is 5.75 Å². The lowest BCUT2D eigenvalue weighted by Gasteiger charge is -2.12. The van der Waals surface area contributed by atoms with E-state index in [0.717, 1.165) is 0 Å². The highest BCUT2D eigenvalue weighted by Crippen LogP contribution is 2.25. The van der Waals surface area contributed by atoms with Crippen LogP contribution < -0.4 is 10.6 Å². The monoisotopic (exact) mass is 203 g/mol. The van der Waals surface area contributed by atoms with Gasteiger partial charge in [-0.25, -0.2) is 5.90 Å². The SMILES string of the molecule is Cc1cccc(CON)c1OC(F)F. The first-order valence-corrected chi connectivity index (χ1v) is 4.00. The lowest BCUT2D eigenvalue weighted by Crippen LogP contribution is -2.08. The van der Waals surface area contributed by atoms with Gasteiger partial charge in [0.25, 0.3) is 0 Å². The summed E-state index contributed by atoms with van der Waals surface area (Å²) in [6.07, 6.45) is 0. The molecule has 0 amide bonds. The zero-order chi connectivity index (χ0) is 10.6. The lowest BCUT2D eigenvalue weighted by atomic mass is 10.1. The standard InChI is InChI=1S/C9H11F2NO2/c1-6-3-2-4-7(5-13-12)8(6)14-9(10)11/h2-4,9H,5,12H2,1H3. The van der Waals surface area contributed by atoms with Gasteiger partial charge in [-0.2, -0.15) is 8.78 Å². The first-order chi connectivity index (χ1) is 6.65. The molecule has 5 heteroatoms. The first-order valence-electron chi connectivity index (χ1n) is 4.00. The number of ether oxygens (including phenoxy) is 1. The summed E-state index contributed by atoms with van der Waals surface area (Å²) in [6.45, 7) is -1.12. The lowest BCUT2D eigenvalue weighted by molar-refractivity contribution is -0.0518. The van der Waals surface area contributed by atoms with Crippen molar-refractivity contribution in [3.63, 3.8) is 0 Å². The highest BCUT2D eigenvalue weighted by Gasteiger charge is 2.11. The van der Waals surface area contributed by atoms with Gasteiger partial charge < -0.3 is 4.74 Å². The molecular weight excluding hydrogens is 192 g/mol. The van der Waals surface area contributed by atoms with Crippen LogP contribution in [0.25, 0.3) is 0 Å². The molecule has 1 aromatic rings. The van der Waals surface area contributed by atoms with Crippen molar-refractivity contribution in [1.29, 1.82) is 0 Å². The smallest absolute Gasteiger partial charge is 0.387 e. The molecule has 2 N–H and O–H groups in total. The molecule has 0 unspecified atom stereocenters. The van der Waals surface area contributed by atoms with Gasteiger partial charge in [-0.1, -0.05) is 18.2 Å². The van der Waals surface area contributed by atoms with Gasteiger partial charge in [0.15, 0.2) is 0 Å². The third-order valence-corrected chi connectivity index (χ3v) is 1.74. The number of hydrogen-bond donors (Lipinski definition) is 1. The van der Waals surface area contributed by atoms with Crippen molar-refractivity contribution >= 4 is 0 Å². The van der Waals surface area contributed by atoms with E-state index in [2.05, 4.69) is 9.57 Å². The second-order valence-electron chi connectivity index (χ2n) is 2.75. The average molecular weight is 203 g/mol. The molecule has 1 aromatic carbocycles. The summed E-state index contributed by atoms with van der Waals surface area (Å²) in [5.41, 5.74) is 1.13. The summed E-state index contributed by atoms with van der Waals surface area (Å²) in [7, 11) is 0. The normalized spacial score (nSPS) is 10.6. The maximum Gasteiger partial charge on any atom is 0.387 e. The van der Waals surface area contributed by atoms with Crippen LogP contribution in [0.3, 0.4) is 0 Å². The molecule has 0 heterocycles. The largest absolute Gasteiger partial charge is 0.434 e. The van der Waals surface area contributed by atoms with Crippen LogP contribution in [0, 0.1) is 6.92 Å². The van der Waals surface area contributed by atoms with Gasteiger partial charge in [-0.15, -0.1) is 0 Å². The Morgan fingerprint density at radius 3 is 2.71 bits per heavy atom. The molecule has 78 valence electrons. The number of alkyl halides is 2. The third kappa shape index (κ3) is 2.65. The predicted molar refractivity (Wildman–Crippen MR) is 46.8 cm³/mol. The topological polar surface area (TPSA) is 44.5 Å². The van der Waals surface area contributed by atoms with Crippen molar-refractivity contribution in [3.05, 3.63) is 29.3 Å². The van der Waals surface area contributed by atoms with Crippen molar-refractivity contribution in [2.75, 3.05) is 0 Å². The molecule has 0 aliphatic rings. The molecule has 0 atom stereocenters. The summed E-state index contributed by atoms with van der Waals surface area (Å²) in [5.74, 6) is 5.00. The molecule has 0 saturated carbocycles. The fourth-order valence-electron chi connectivity index (χ4n) is 1.17. The van der Waals surface area contributed by atoms with Crippen molar-refractivity contribution in [1.82, 2.24) is 0 Å². The van der Waals surface area contributed by atoms with Crippen molar-refractivity contribution in [2.24, 2.45) is 5.90 Å². The zero-order valence-corrected chi connectivity index (χ0v) is 7.67. The van der Waals surface area contributed by atoms with Gasteiger partial charge in [0.1, 0.15) is 5.75 Å². The highest BCUT2D eigenvalue weighted by atomic mass is 19.3. The molecule has 1 rings (SSSR count). The minimum atomic E-state index is -2.84. The Balaban J connectivity index is 2.96. The number of para-hydroxylation sites is 1. The van der Waals surface area contributed by atoms with E-state index in [1.165, 1.54) is 0 Å². The molecule has 3 nitrogen and oxygen atoms in total. The minimum Gasteiger partial charge on any atom is -0.434 e. The number of rotatable bonds is 4. The van der Waals surface area contributed by atoms with Crippen LogP contribution in [0.1, 0.15) is 11.1 Å². The maximum atomic E-state index is 12.0. The van der Waals surface area contributed by atoms with Crippen LogP contribution in [0.2, 0.25) is 0 Å². The Hall–Kier alpha value is -1.20. The zero-order valence-electron chi connectivity index (χ0n) is 7.67. The minimum absolute atomic E-state index is 0.0454. The Bertz CT molecular complexity index is 305. The Labute approximate surface area is 80.4 Å². The van der Waals surface area contributed by atoms with Crippen molar-refractivity contribution in [2.45, 2.75) is 20.1 Å². The molecular formula is C9H11F2NO2. The number of nitrogens with two attached hydrogens (primary N) is 1. The van der Waals surface area contributed by atoms with E-state index in [0.29, 0.717) is 11.1 Å². The van der Waals surface area contributed by atoms with Crippen molar-refractivity contribution < 1.29 is 18.4 Å². The Morgan fingerprint density at radius 2 is 2.14 bits per heavy atom. The molecule has 0 aliphatic heterocycles. The second kappa shape index (κ2) is 4.88. The molecule has 0 fully saturated rings. The van der Waals surface area contributed by atoms with E-state index in [9.17, 15) is 8.78 Å². The van der Waals surface area contributed by atoms with E-state index < -0.39 is 6.61 Å². The van der Waals surface area contributed by atoms with Crippen molar-refractivity contribution in [3.8, 4) is 5.75 Å². The average Bonchev–Trinajstić information content (AvgIpc) is 2.11. The summed E-state index contributed by atoms with van der Waals surface area (Å²) >= 11 is 0. The van der Waals surface area contributed by atoms with Crippen LogP contribution in [0.15, 0.2) is 18.2 Å². The first kappa shape index (κ1) is 10.9. The number of benzene rings is 1. The summed E-state index contributed by atoms with van der Waals surface area (Å²) in [6, 6.07) is 5.03. The Morgan fingerprint density at radius 1 is 1.43 bits per heavy atom. The van der Waals surface area contributed by atoms with Gasteiger partial charge in [-0.3, -0.25) is 4.84 Å². The maximum absolute atomic E-state index is 12.0. The molecule has 0 aliphatic carbocycles. The third-order valence-electron chi connectivity index (χ3n) is 1.74. The predicted octanol–water partition coefficient (Wildman–Crippen LogP) is 1.99. The van der Waals surface area contributed by atoms with Gasteiger partial charge in [-0.05, 0) is 12.5 Å². The van der Waals surface area contributed by atoms with E-state index in [1.54, 1.807) is 25.1 Å². The fraction of sp³-hybridized carbons (Fsp3) is 0.333. The van der Waals surface area contributed by atoms with Crippen LogP contribution in [-0.2, 0) is 11.4 Å². The molecule has 0 spiro atoms. The Kier molecular flexibility index (Phi) is 3.79. The van der Waals surface area contributed by atoms with Crippen LogP contribution in [0.4, 0.5) is 8.78 Å². The second-order valence-corrected chi connectivity index (χ2v) is 2.75. The fourth-order valence-corrected chi connectivity index (χ4v) is 1.17. The number of aryl methyl sites for hydroxylation is 1. The van der Waals surface area contributed by atoms with Gasteiger partial charge in [0.05, 0.1) is 6.61 Å². The molecule has 0 aromatic heterocycles. The molecule has 0 saturated heterocycles. The van der Waals surface area contributed by atoms with E-state index in [4.69, 9.17) is 5.90 Å². The summed E-state index contributed by atoms with van der Waals surface area (Å²) in [4.78, 5) is 4.38. The molecule has 0 radical (unpaired) electrons. The number of halogens is 2. The van der Waals surface area contributed by atoms with Crippen LogP contribution in [-0.4, -0.2) is 6.61 Å².